The zero-order valence-corrected chi connectivity index (χ0v) is 13.3. The molecule has 0 N–H and O–H groups in total. The molecule has 0 saturated heterocycles. The lowest BCUT2D eigenvalue weighted by molar-refractivity contribution is 0.101. The molecular weight excluding hydrogens is 303 g/mol. The van der Waals surface area contributed by atoms with Crippen LogP contribution in [0.3, 0.4) is 0 Å². The third-order valence-corrected chi connectivity index (χ3v) is 3.77. The van der Waals surface area contributed by atoms with Crippen molar-refractivity contribution in [3.63, 3.8) is 0 Å². The van der Waals surface area contributed by atoms with Gasteiger partial charge in [-0.15, -0.1) is 0 Å². The van der Waals surface area contributed by atoms with Gasteiger partial charge < -0.3 is 4.74 Å². The molecule has 0 unspecified atom stereocenters. The number of hydrogen-bond donors (Lipinski definition) is 0. The van der Waals surface area contributed by atoms with Gasteiger partial charge in [-0.25, -0.2) is 4.39 Å². The topological polar surface area (TPSA) is 26.3 Å². The van der Waals surface area contributed by atoms with Crippen molar-refractivity contribution in [2.75, 3.05) is 0 Å². The van der Waals surface area contributed by atoms with E-state index in [9.17, 15) is 9.18 Å². The molecule has 0 aliphatic heterocycles. The first-order valence-corrected chi connectivity index (χ1v) is 7.71. The van der Waals surface area contributed by atoms with Crippen molar-refractivity contribution in [3.8, 4) is 16.9 Å². The molecular formula is C21H17FO2. The highest BCUT2D eigenvalue weighted by atomic mass is 19.1. The summed E-state index contributed by atoms with van der Waals surface area (Å²) in [6.45, 7) is 1.91. The van der Waals surface area contributed by atoms with Crippen molar-refractivity contribution in [3.05, 3.63) is 89.7 Å². The van der Waals surface area contributed by atoms with Crippen LogP contribution in [0, 0.1) is 5.82 Å². The molecule has 0 aliphatic rings. The van der Waals surface area contributed by atoms with Gasteiger partial charge in [-0.05, 0) is 47.9 Å². The van der Waals surface area contributed by atoms with E-state index in [0.717, 1.165) is 16.7 Å². The van der Waals surface area contributed by atoms with E-state index in [2.05, 4.69) is 0 Å². The van der Waals surface area contributed by atoms with Crippen LogP contribution in [0.4, 0.5) is 4.39 Å². The second-order valence-corrected chi connectivity index (χ2v) is 5.55. The summed E-state index contributed by atoms with van der Waals surface area (Å²) in [5, 5.41) is 0. The fourth-order valence-electron chi connectivity index (χ4n) is 2.49. The number of halogens is 1. The van der Waals surface area contributed by atoms with Crippen molar-refractivity contribution in [2.45, 2.75) is 13.5 Å². The van der Waals surface area contributed by atoms with Crippen molar-refractivity contribution >= 4 is 5.78 Å². The summed E-state index contributed by atoms with van der Waals surface area (Å²) in [5.74, 6) is 0.201. The number of ketones is 1. The quantitative estimate of drug-likeness (QED) is 0.598. The Morgan fingerprint density at radius 1 is 0.917 bits per heavy atom. The first kappa shape index (κ1) is 15.9. The number of rotatable bonds is 5. The maximum Gasteiger partial charge on any atom is 0.163 e. The minimum Gasteiger partial charge on any atom is -0.488 e. The van der Waals surface area contributed by atoms with E-state index >= 15 is 0 Å². The Morgan fingerprint density at radius 2 is 1.58 bits per heavy atom. The summed E-state index contributed by atoms with van der Waals surface area (Å²) in [6, 6.07) is 21.4. The van der Waals surface area contributed by atoms with Gasteiger partial charge in [-0.3, -0.25) is 4.79 Å². The summed E-state index contributed by atoms with van der Waals surface area (Å²) in [5.41, 5.74) is 3.27. The molecule has 3 aromatic rings. The molecule has 0 bridgehead atoms. The van der Waals surface area contributed by atoms with E-state index in [1.54, 1.807) is 24.3 Å². The number of carbonyl (C=O) groups excluding carboxylic acids is 1. The van der Waals surface area contributed by atoms with Crippen LogP contribution in [0.1, 0.15) is 22.8 Å². The first-order valence-electron chi connectivity index (χ1n) is 7.71. The Morgan fingerprint density at radius 3 is 2.25 bits per heavy atom. The van der Waals surface area contributed by atoms with Crippen molar-refractivity contribution in [1.82, 2.24) is 0 Å². The molecule has 0 saturated carbocycles. The van der Waals surface area contributed by atoms with E-state index in [0.29, 0.717) is 17.9 Å². The van der Waals surface area contributed by atoms with Crippen LogP contribution in [0.25, 0.3) is 11.1 Å². The lowest BCUT2D eigenvalue weighted by Crippen LogP contribution is -2.02. The molecule has 3 aromatic carbocycles. The maximum absolute atomic E-state index is 13.1. The van der Waals surface area contributed by atoms with Crippen LogP contribution in [0.5, 0.6) is 5.75 Å². The van der Waals surface area contributed by atoms with Gasteiger partial charge in [0.25, 0.3) is 0 Å². The molecule has 0 heterocycles. The minimum atomic E-state index is -0.284. The highest BCUT2D eigenvalue weighted by Gasteiger charge is 2.11. The number of Topliss-reactive ketones (excluding diaryl/α,β-unsaturated/α-hetero) is 1. The van der Waals surface area contributed by atoms with Crippen molar-refractivity contribution in [1.29, 1.82) is 0 Å². The summed E-state index contributed by atoms with van der Waals surface area (Å²) >= 11 is 0. The molecule has 0 fully saturated rings. The zero-order chi connectivity index (χ0) is 16.9. The Kier molecular flexibility index (Phi) is 4.71. The highest BCUT2D eigenvalue weighted by Crippen LogP contribution is 2.28. The fraction of sp³-hybridized carbons (Fsp3) is 0.0952. The molecule has 3 rings (SSSR count). The molecule has 2 nitrogen and oxygen atoms in total. The number of carbonyl (C=O) groups is 1. The molecule has 0 amide bonds. The first-order chi connectivity index (χ1) is 11.6. The standard InChI is InChI=1S/C21H17FO2/c1-15(23)20-13-18(17-7-10-19(22)11-8-17)9-12-21(20)24-14-16-5-3-2-4-6-16/h2-13H,14H2,1H3. The number of ether oxygens (including phenoxy) is 1. The molecule has 0 atom stereocenters. The van der Waals surface area contributed by atoms with Gasteiger partial charge in [0.1, 0.15) is 18.2 Å². The molecule has 3 heteroatoms. The van der Waals surface area contributed by atoms with E-state index in [-0.39, 0.29) is 11.6 Å². The summed E-state index contributed by atoms with van der Waals surface area (Å²) in [4.78, 5) is 12.0. The zero-order valence-electron chi connectivity index (χ0n) is 13.3. The van der Waals surface area contributed by atoms with Gasteiger partial charge in [-0.2, -0.15) is 0 Å². The third kappa shape index (κ3) is 3.69. The predicted octanol–water partition coefficient (Wildman–Crippen LogP) is 5.27. The molecule has 0 aliphatic carbocycles. The van der Waals surface area contributed by atoms with Crippen LogP contribution in [0.2, 0.25) is 0 Å². The second-order valence-electron chi connectivity index (χ2n) is 5.55. The summed E-state index contributed by atoms with van der Waals surface area (Å²) in [6.07, 6.45) is 0. The Hall–Kier alpha value is -2.94. The Labute approximate surface area is 140 Å². The Bertz CT molecular complexity index is 839. The van der Waals surface area contributed by atoms with E-state index in [1.165, 1.54) is 19.1 Å². The van der Waals surface area contributed by atoms with Crippen LogP contribution >= 0.6 is 0 Å². The molecule has 120 valence electrons. The van der Waals surface area contributed by atoms with Crippen molar-refractivity contribution < 1.29 is 13.9 Å². The maximum atomic E-state index is 13.1. The fourth-order valence-corrected chi connectivity index (χ4v) is 2.49. The van der Waals surface area contributed by atoms with Gasteiger partial charge in [-0.1, -0.05) is 48.5 Å². The predicted molar refractivity (Wildman–Crippen MR) is 92.6 cm³/mol. The minimum absolute atomic E-state index is 0.0676. The van der Waals surface area contributed by atoms with Crippen LogP contribution in [0.15, 0.2) is 72.8 Å². The second kappa shape index (κ2) is 7.09. The van der Waals surface area contributed by atoms with Crippen LogP contribution in [-0.2, 0) is 6.61 Å². The van der Waals surface area contributed by atoms with Gasteiger partial charge in [0.05, 0.1) is 5.56 Å². The highest BCUT2D eigenvalue weighted by molar-refractivity contribution is 5.98. The lowest BCUT2D eigenvalue weighted by Gasteiger charge is -2.12. The molecule has 0 aromatic heterocycles. The van der Waals surface area contributed by atoms with E-state index in [1.807, 2.05) is 36.4 Å². The van der Waals surface area contributed by atoms with Crippen molar-refractivity contribution in [2.24, 2.45) is 0 Å². The average molecular weight is 320 g/mol. The van der Waals surface area contributed by atoms with Gasteiger partial charge in [0.2, 0.25) is 0 Å². The lowest BCUT2D eigenvalue weighted by atomic mass is 10.0. The van der Waals surface area contributed by atoms with E-state index in [4.69, 9.17) is 4.74 Å². The van der Waals surface area contributed by atoms with Gasteiger partial charge in [0, 0.05) is 0 Å². The van der Waals surface area contributed by atoms with E-state index < -0.39 is 0 Å². The van der Waals surface area contributed by atoms with Crippen LogP contribution in [-0.4, -0.2) is 5.78 Å². The smallest absolute Gasteiger partial charge is 0.163 e. The molecule has 0 spiro atoms. The molecule has 24 heavy (non-hydrogen) atoms. The van der Waals surface area contributed by atoms with Gasteiger partial charge in [0.15, 0.2) is 5.78 Å². The third-order valence-electron chi connectivity index (χ3n) is 3.77. The average Bonchev–Trinajstić information content (AvgIpc) is 2.61. The van der Waals surface area contributed by atoms with Gasteiger partial charge >= 0.3 is 0 Å². The van der Waals surface area contributed by atoms with Crippen LogP contribution < -0.4 is 4.74 Å². The largest absolute Gasteiger partial charge is 0.488 e. The monoisotopic (exact) mass is 320 g/mol. The number of hydrogen-bond acceptors (Lipinski definition) is 2. The summed E-state index contributed by atoms with van der Waals surface area (Å²) in [7, 11) is 0. The number of benzene rings is 3. The molecule has 0 radical (unpaired) electrons. The normalized spacial score (nSPS) is 10.4. The Balaban J connectivity index is 1.87. The SMILES string of the molecule is CC(=O)c1cc(-c2ccc(F)cc2)ccc1OCc1ccccc1. The summed E-state index contributed by atoms with van der Waals surface area (Å²) < 4.78 is 18.9.